The van der Waals surface area contributed by atoms with Crippen LogP contribution in [0.4, 0.5) is 0 Å². The summed E-state index contributed by atoms with van der Waals surface area (Å²) in [5.74, 6) is 0. The molecule has 0 aromatic carbocycles. The third-order valence-corrected chi connectivity index (χ3v) is 0.498. The first kappa shape index (κ1) is 29.3. The zero-order valence-corrected chi connectivity index (χ0v) is 9.39. The van der Waals surface area contributed by atoms with E-state index >= 15 is 0 Å². The second kappa shape index (κ2) is 17.7. The normalized spacial score (nSPS) is 7.69. The average Bonchev–Trinajstić information content (AvgIpc) is 1.63. The van der Waals surface area contributed by atoms with Gasteiger partial charge in [-0.2, -0.15) is 0 Å². The van der Waals surface area contributed by atoms with Crippen molar-refractivity contribution in [1.29, 1.82) is 0 Å². The molecule has 0 amide bonds. The molecule has 0 aliphatic rings. The molecule has 0 aromatic rings. The smallest absolute Gasteiger partial charge is 0.0311 e. The highest BCUT2D eigenvalue weighted by atomic mass is 32.3. The van der Waals surface area contributed by atoms with Crippen LogP contribution in [0.15, 0.2) is 0 Å². The van der Waals surface area contributed by atoms with Gasteiger partial charge in [-0.1, -0.05) is 19.8 Å². The minimum atomic E-state index is -5.17. The molecule has 0 saturated carbocycles. The number of unbranched alkanes of at least 4 members (excludes halogenated alkanes) is 1. The maximum absolute atomic E-state index is 9.53. The quantitative estimate of drug-likeness (QED) is 0.431. The van der Waals surface area contributed by atoms with E-state index in [0.29, 0.717) is 0 Å². The van der Waals surface area contributed by atoms with Crippen molar-refractivity contribution in [2.45, 2.75) is 19.8 Å². The van der Waals surface area contributed by atoms with Crippen molar-refractivity contribution in [2.75, 3.05) is 6.61 Å². The molecular formula is C4H21N3O5S. The Bertz CT molecular complexity index is 138. The predicted molar refractivity (Wildman–Crippen MR) is 48.2 cm³/mol. The van der Waals surface area contributed by atoms with Crippen LogP contribution >= 0.6 is 0 Å². The highest BCUT2D eigenvalue weighted by Gasteiger charge is 1.61. The molecule has 12 N–H and O–H groups in total. The van der Waals surface area contributed by atoms with Gasteiger partial charge in [0.05, 0.1) is 0 Å². The summed E-state index contributed by atoms with van der Waals surface area (Å²) in [6.07, 6.45) is 1.86. The summed E-state index contributed by atoms with van der Waals surface area (Å²) in [4.78, 5) is 0. The zero-order chi connectivity index (χ0) is 8.62. The van der Waals surface area contributed by atoms with E-state index in [-0.39, 0.29) is 25.1 Å². The van der Waals surface area contributed by atoms with Gasteiger partial charge in [-0.3, -0.25) is 8.42 Å². The van der Waals surface area contributed by atoms with Crippen LogP contribution < -0.4 is 23.6 Å². The standard InChI is InChI=1S/C4H9O.3H3N.H2O4S/c1-2-3-4-5;;;;1-5(2,3)4/h2-4H2,1H3;3*1H3;(H2,1,2,3,4)/q-1;;;;/p+1. The fourth-order valence-electron chi connectivity index (χ4n) is 0.144. The van der Waals surface area contributed by atoms with Crippen LogP contribution in [-0.2, 0) is 10.4 Å². The molecule has 13 heavy (non-hydrogen) atoms. The Hall–Kier alpha value is -0.290. The molecule has 88 valence electrons. The number of quaternary nitrogens is 3. The fraction of sp³-hybridized carbons (Fsp3) is 1.00. The van der Waals surface area contributed by atoms with Crippen molar-refractivity contribution in [3.63, 3.8) is 0 Å². The predicted octanol–water partition coefficient (Wildman–Crippen LogP) is -0.0626. The Labute approximate surface area is 78.7 Å². The summed E-state index contributed by atoms with van der Waals surface area (Å²) in [6.45, 7) is 2.11. The maximum Gasteiger partial charge on any atom is 0.0311 e. The summed E-state index contributed by atoms with van der Waals surface area (Å²) in [5.41, 5.74) is 0. The lowest BCUT2D eigenvalue weighted by molar-refractivity contribution is -0.368. The van der Waals surface area contributed by atoms with Crippen molar-refractivity contribution in [3.05, 3.63) is 0 Å². The molecule has 0 bridgehead atoms. The van der Waals surface area contributed by atoms with E-state index in [1.54, 1.807) is 0 Å². The lowest BCUT2D eigenvalue weighted by Gasteiger charge is -2.06. The van der Waals surface area contributed by atoms with Gasteiger partial charge in [-0.05, 0) is 0 Å². The van der Waals surface area contributed by atoms with Crippen LogP contribution in [0.25, 0.3) is 0 Å². The highest BCUT2D eigenvalue weighted by Crippen LogP contribution is 1.76. The molecule has 0 fully saturated rings. The minimum Gasteiger partial charge on any atom is -0.854 e. The Balaban J connectivity index is -0.0000000267. The van der Waals surface area contributed by atoms with Crippen LogP contribution in [0.3, 0.4) is 0 Å². The monoisotopic (exact) mass is 223 g/mol. The van der Waals surface area contributed by atoms with Crippen LogP contribution in [0.1, 0.15) is 19.8 Å². The van der Waals surface area contributed by atoms with E-state index in [2.05, 4.69) is 0 Å². The van der Waals surface area contributed by atoms with E-state index < -0.39 is 10.4 Å². The van der Waals surface area contributed by atoms with Crippen molar-refractivity contribution >= 4 is 10.4 Å². The summed E-state index contributed by atoms with van der Waals surface area (Å²) >= 11 is 0. The van der Waals surface area contributed by atoms with Crippen molar-refractivity contribution < 1.29 is 22.6 Å². The maximum atomic E-state index is 9.53. The van der Waals surface area contributed by atoms with Gasteiger partial charge in [0.25, 0.3) is 0 Å². The van der Waals surface area contributed by atoms with Gasteiger partial charge in [0.15, 0.2) is 0 Å². The van der Waals surface area contributed by atoms with Gasteiger partial charge in [-0.25, -0.2) is 0 Å². The summed E-state index contributed by atoms with van der Waals surface area (Å²) in [6, 6.07) is 0. The van der Waals surface area contributed by atoms with Crippen LogP contribution in [-0.4, -0.2) is 24.1 Å². The average molecular weight is 223 g/mol. The second-order valence-electron chi connectivity index (χ2n) is 1.47. The fourth-order valence-corrected chi connectivity index (χ4v) is 0.144. The van der Waals surface area contributed by atoms with Crippen LogP contribution in [0.5, 0.6) is 0 Å². The Morgan fingerprint density at radius 1 is 1.08 bits per heavy atom. The molecule has 0 spiro atoms. The SMILES string of the molecule is CCCC[O-].O=S(=O)([O-])[O-].[NH4+].[NH4+].[NH4+]. The molecule has 0 aromatic heterocycles. The topological polar surface area (TPSA) is 213 Å². The molecule has 0 saturated heterocycles. The van der Waals surface area contributed by atoms with Crippen LogP contribution in [0, 0.1) is 0 Å². The Morgan fingerprint density at radius 2 is 1.31 bits per heavy atom. The first-order valence-corrected chi connectivity index (χ1v) is 4.00. The van der Waals surface area contributed by atoms with Crippen LogP contribution in [0.2, 0.25) is 0 Å². The second-order valence-corrected chi connectivity index (χ2v) is 2.28. The van der Waals surface area contributed by atoms with E-state index in [0.717, 1.165) is 12.8 Å². The van der Waals surface area contributed by atoms with E-state index in [4.69, 9.17) is 17.5 Å². The van der Waals surface area contributed by atoms with E-state index in [9.17, 15) is 5.11 Å². The zero-order valence-electron chi connectivity index (χ0n) is 8.57. The summed E-state index contributed by atoms with van der Waals surface area (Å²) < 4.78 is 34.1. The molecule has 9 heteroatoms. The van der Waals surface area contributed by atoms with Gasteiger partial charge >= 0.3 is 0 Å². The molecule has 0 heterocycles. The molecule has 0 rings (SSSR count). The van der Waals surface area contributed by atoms with Crippen molar-refractivity contribution in [2.24, 2.45) is 0 Å². The van der Waals surface area contributed by atoms with Gasteiger partial charge in [0.1, 0.15) is 0 Å². The van der Waals surface area contributed by atoms with E-state index in [1.807, 2.05) is 6.92 Å². The molecule has 0 aliphatic heterocycles. The van der Waals surface area contributed by atoms with Gasteiger partial charge in [0, 0.05) is 10.4 Å². The van der Waals surface area contributed by atoms with Crippen molar-refractivity contribution in [3.8, 4) is 0 Å². The minimum absolute atomic E-state index is 0. The number of hydrogen-bond donors (Lipinski definition) is 3. The molecule has 0 radical (unpaired) electrons. The Morgan fingerprint density at radius 3 is 1.31 bits per heavy atom. The summed E-state index contributed by atoms with van der Waals surface area (Å²) in [7, 11) is -5.17. The molecule has 0 aliphatic carbocycles. The van der Waals surface area contributed by atoms with E-state index in [1.165, 1.54) is 0 Å². The number of rotatable bonds is 2. The molecule has 0 atom stereocenters. The first-order valence-electron chi connectivity index (χ1n) is 2.66. The first-order chi connectivity index (χ1) is 4.41. The largest absolute Gasteiger partial charge is 0.854 e. The highest BCUT2D eigenvalue weighted by molar-refractivity contribution is 7.79. The third-order valence-electron chi connectivity index (χ3n) is 0.498. The Kier molecular flexibility index (Phi) is 39.9. The molecule has 8 nitrogen and oxygen atoms in total. The number of hydrogen-bond acceptors (Lipinski definition) is 5. The van der Waals surface area contributed by atoms with Gasteiger partial charge in [0.2, 0.25) is 0 Å². The molecule has 0 unspecified atom stereocenters. The molecular weight excluding hydrogens is 202 g/mol. The lowest BCUT2D eigenvalue weighted by atomic mass is 10.4. The van der Waals surface area contributed by atoms with Crippen molar-refractivity contribution in [1.82, 2.24) is 18.5 Å². The summed E-state index contributed by atoms with van der Waals surface area (Å²) in [5, 5.41) is 9.53. The van der Waals surface area contributed by atoms with Gasteiger partial charge < -0.3 is 32.7 Å². The third kappa shape index (κ3) is 378. The van der Waals surface area contributed by atoms with Gasteiger partial charge in [-0.15, -0.1) is 6.61 Å². The lowest BCUT2D eigenvalue weighted by Crippen LogP contribution is -2.03.